The summed E-state index contributed by atoms with van der Waals surface area (Å²) in [5.41, 5.74) is 0.679. The topological polar surface area (TPSA) is 119 Å². The number of thioether (sulfide) groups is 1. The van der Waals surface area contributed by atoms with Crippen LogP contribution >= 0.6 is 11.8 Å². The molecule has 0 radical (unpaired) electrons. The number of benzene rings is 1. The second-order valence-corrected chi connectivity index (χ2v) is 6.32. The Kier molecular flexibility index (Phi) is 5.84. The summed E-state index contributed by atoms with van der Waals surface area (Å²) in [5.74, 6) is 2.76. The number of aryl methyl sites for hydroxylation is 2. The van der Waals surface area contributed by atoms with Gasteiger partial charge in [0.15, 0.2) is 5.82 Å². The van der Waals surface area contributed by atoms with Crippen molar-refractivity contribution < 1.29 is 14.1 Å². The van der Waals surface area contributed by atoms with Gasteiger partial charge < -0.3 is 14.6 Å². The van der Waals surface area contributed by atoms with E-state index in [0.717, 1.165) is 5.82 Å². The van der Waals surface area contributed by atoms with Crippen LogP contribution in [-0.4, -0.2) is 38.3 Å². The summed E-state index contributed by atoms with van der Waals surface area (Å²) in [7, 11) is 1.58. The van der Waals surface area contributed by atoms with Crippen molar-refractivity contribution in [2.75, 3.05) is 12.4 Å². The average Bonchev–Trinajstić information content (AvgIpc) is 3.27. The van der Waals surface area contributed by atoms with Crippen molar-refractivity contribution in [3.05, 3.63) is 41.8 Å². The number of nitrogens with one attached hydrogen (secondary N) is 2. The van der Waals surface area contributed by atoms with Crippen LogP contribution in [0.2, 0.25) is 0 Å². The Bertz CT molecular complexity index is 878. The lowest BCUT2D eigenvalue weighted by Crippen LogP contribution is -2.12. The molecule has 0 saturated heterocycles. The van der Waals surface area contributed by atoms with E-state index in [0.29, 0.717) is 40.5 Å². The van der Waals surface area contributed by atoms with E-state index in [4.69, 9.17) is 9.26 Å². The van der Waals surface area contributed by atoms with Crippen molar-refractivity contribution >= 4 is 23.4 Å². The number of nitrogens with zero attached hydrogens (tertiary/aromatic N) is 4. The first-order chi connectivity index (χ1) is 12.6. The molecular weight excluding hydrogens is 356 g/mol. The van der Waals surface area contributed by atoms with Gasteiger partial charge in [-0.05, 0) is 19.1 Å². The summed E-state index contributed by atoms with van der Waals surface area (Å²) in [5, 5.41) is 14.1. The van der Waals surface area contributed by atoms with Crippen LogP contribution in [0.4, 0.5) is 5.69 Å². The third kappa shape index (κ3) is 5.06. The number of carbonyl (C=O) groups is 1. The first-order valence-electron chi connectivity index (χ1n) is 7.89. The molecule has 0 spiro atoms. The molecule has 0 aliphatic heterocycles. The highest BCUT2D eigenvalue weighted by Crippen LogP contribution is 2.18. The van der Waals surface area contributed by atoms with Gasteiger partial charge >= 0.3 is 0 Å². The minimum atomic E-state index is -0.136. The van der Waals surface area contributed by atoms with Gasteiger partial charge in [-0.1, -0.05) is 23.0 Å². The third-order valence-corrected chi connectivity index (χ3v) is 4.18. The van der Waals surface area contributed by atoms with E-state index >= 15 is 0 Å². The summed E-state index contributed by atoms with van der Waals surface area (Å²) in [6, 6.07) is 7.18. The quantitative estimate of drug-likeness (QED) is 0.577. The Balaban J connectivity index is 1.45. The molecule has 1 aromatic carbocycles. The predicted octanol–water partition coefficient (Wildman–Crippen LogP) is 2.37. The van der Waals surface area contributed by atoms with E-state index in [9.17, 15) is 4.79 Å². The molecule has 1 amide bonds. The molecule has 0 saturated carbocycles. The third-order valence-electron chi connectivity index (χ3n) is 3.34. The number of aromatic amines is 1. The summed E-state index contributed by atoms with van der Waals surface area (Å²) in [6.45, 7) is 1.83. The van der Waals surface area contributed by atoms with Crippen molar-refractivity contribution in [1.82, 2.24) is 25.3 Å². The molecular formula is C16H18N6O3S. The molecule has 2 aromatic heterocycles. The number of anilines is 1. The molecule has 0 atom stereocenters. The Hall–Kier alpha value is -2.88. The minimum Gasteiger partial charge on any atom is -0.497 e. The van der Waals surface area contributed by atoms with Gasteiger partial charge in [-0.25, -0.2) is 4.98 Å². The number of rotatable bonds is 8. The number of carbonyl (C=O) groups excluding carboxylic acids is 1. The molecule has 0 bridgehead atoms. The molecule has 0 fully saturated rings. The molecule has 2 N–H and O–H groups in total. The maximum Gasteiger partial charge on any atom is 0.227 e. The zero-order valence-electron chi connectivity index (χ0n) is 14.4. The molecule has 0 aliphatic rings. The molecule has 0 aliphatic carbocycles. The van der Waals surface area contributed by atoms with E-state index in [1.54, 1.807) is 19.2 Å². The highest BCUT2D eigenvalue weighted by atomic mass is 32.2. The highest BCUT2D eigenvalue weighted by Gasteiger charge is 2.11. The lowest BCUT2D eigenvalue weighted by molar-refractivity contribution is -0.116. The number of methoxy groups -OCH3 is 1. The van der Waals surface area contributed by atoms with E-state index in [-0.39, 0.29) is 12.3 Å². The molecule has 10 heteroatoms. The predicted molar refractivity (Wildman–Crippen MR) is 94.9 cm³/mol. The zero-order chi connectivity index (χ0) is 18.4. The fourth-order valence-corrected chi connectivity index (χ4v) is 2.80. The van der Waals surface area contributed by atoms with Crippen LogP contribution in [0.5, 0.6) is 5.75 Å². The first-order valence-corrected chi connectivity index (χ1v) is 8.88. The van der Waals surface area contributed by atoms with E-state index in [1.165, 1.54) is 11.8 Å². The van der Waals surface area contributed by atoms with Crippen molar-refractivity contribution in [1.29, 1.82) is 0 Å². The molecule has 2 heterocycles. The fraction of sp³-hybridized carbons (Fsp3) is 0.312. The number of hydrogen-bond donors (Lipinski definition) is 2. The van der Waals surface area contributed by atoms with Crippen LogP contribution in [0.15, 0.2) is 33.9 Å². The molecule has 136 valence electrons. The van der Waals surface area contributed by atoms with Gasteiger partial charge in [0, 0.05) is 24.6 Å². The van der Waals surface area contributed by atoms with Crippen molar-refractivity contribution in [3.63, 3.8) is 0 Å². The normalized spacial score (nSPS) is 10.7. The van der Waals surface area contributed by atoms with Crippen LogP contribution < -0.4 is 10.1 Å². The summed E-state index contributed by atoms with van der Waals surface area (Å²) in [6.07, 6.45) is 0.610. The summed E-state index contributed by atoms with van der Waals surface area (Å²) < 4.78 is 10.3. The van der Waals surface area contributed by atoms with Gasteiger partial charge in [-0.3, -0.25) is 9.89 Å². The summed E-state index contributed by atoms with van der Waals surface area (Å²) >= 11 is 1.41. The lowest BCUT2D eigenvalue weighted by Gasteiger charge is -2.06. The zero-order valence-corrected chi connectivity index (χ0v) is 15.2. The molecule has 3 rings (SSSR count). The van der Waals surface area contributed by atoms with E-state index in [1.807, 2.05) is 19.1 Å². The first kappa shape index (κ1) is 17.9. The minimum absolute atomic E-state index is 0.136. The lowest BCUT2D eigenvalue weighted by atomic mass is 10.2. The average molecular weight is 374 g/mol. The maximum absolute atomic E-state index is 12.0. The Morgan fingerprint density at radius 2 is 2.27 bits per heavy atom. The van der Waals surface area contributed by atoms with Crippen molar-refractivity contribution in [2.24, 2.45) is 0 Å². The van der Waals surface area contributed by atoms with Gasteiger partial charge in [0.1, 0.15) is 11.6 Å². The second kappa shape index (κ2) is 8.48. The van der Waals surface area contributed by atoms with Gasteiger partial charge in [0.2, 0.25) is 17.0 Å². The van der Waals surface area contributed by atoms with E-state index in [2.05, 4.69) is 30.6 Å². The number of ether oxygens (including phenoxy) is 1. The number of hydrogen-bond acceptors (Lipinski definition) is 8. The highest BCUT2D eigenvalue weighted by molar-refractivity contribution is 7.98. The SMILES string of the molecule is COc1cccc(NC(=O)CCc2nc(CSc3n[nH]c(C)n3)no2)c1. The van der Waals surface area contributed by atoms with Gasteiger partial charge in [0.25, 0.3) is 0 Å². The Morgan fingerprint density at radius 3 is 3.04 bits per heavy atom. The fourth-order valence-electron chi connectivity index (χ4n) is 2.11. The summed E-state index contributed by atoms with van der Waals surface area (Å²) in [4.78, 5) is 20.5. The number of H-pyrrole nitrogens is 1. The standard InChI is InChI=1S/C16H18N6O3S/c1-10-17-16(21-20-10)26-9-13-19-15(25-22-13)7-6-14(23)18-11-4-3-5-12(8-11)24-2/h3-5,8H,6-7,9H2,1-2H3,(H,18,23)(H,17,20,21). The number of amides is 1. The maximum atomic E-state index is 12.0. The smallest absolute Gasteiger partial charge is 0.227 e. The monoisotopic (exact) mass is 374 g/mol. The van der Waals surface area contributed by atoms with Gasteiger partial charge in [0.05, 0.1) is 12.9 Å². The molecule has 3 aromatic rings. The molecule has 26 heavy (non-hydrogen) atoms. The van der Waals surface area contributed by atoms with Crippen molar-refractivity contribution in [3.8, 4) is 5.75 Å². The van der Waals surface area contributed by atoms with Crippen molar-refractivity contribution in [2.45, 2.75) is 30.7 Å². The Morgan fingerprint density at radius 1 is 1.38 bits per heavy atom. The van der Waals surface area contributed by atoms with Gasteiger partial charge in [-0.2, -0.15) is 4.98 Å². The van der Waals surface area contributed by atoms with Crippen LogP contribution in [0.3, 0.4) is 0 Å². The van der Waals surface area contributed by atoms with Crippen LogP contribution in [-0.2, 0) is 17.0 Å². The van der Waals surface area contributed by atoms with Crippen LogP contribution in [0.1, 0.15) is 24.0 Å². The van der Waals surface area contributed by atoms with Crippen LogP contribution in [0, 0.1) is 6.92 Å². The Labute approximate surface area is 153 Å². The molecule has 0 unspecified atom stereocenters. The second-order valence-electron chi connectivity index (χ2n) is 5.38. The van der Waals surface area contributed by atoms with Crippen LogP contribution in [0.25, 0.3) is 0 Å². The largest absolute Gasteiger partial charge is 0.497 e. The van der Waals surface area contributed by atoms with Gasteiger partial charge in [-0.15, -0.1) is 5.10 Å². The number of aromatic nitrogens is 5. The van der Waals surface area contributed by atoms with E-state index < -0.39 is 0 Å². The molecule has 9 nitrogen and oxygen atoms in total.